The molecule has 1 saturated heterocycles. The molecule has 0 saturated carbocycles. The first-order valence-electron chi connectivity index (χ1n) is 6.29. The van der Waals surface area contributed by atoms with Crippen LogP contribution in [-0.2, 0) is 9.53 Å². The lowest BCUT2D eigenvalue weighted by Crippen LogP contribution is -2.59. The van der Waals surface area contributed by atoms with Gasteiger partial charge in [0, 0.05) is 25.2 Å². The Labute approximate surface area is 116 Å². The van der Waals surface area contributed by atoms with Crippen LogP contribution < -0.4 is 10.6 Å². The molecule has 2 rings (SSSR count). The second-order valence-electron chi connectivity index (χ2n) is 5.15. The number of nitrogens with one attached hydrogen (secondary N) is 2. The Morgan fingerprint density at radius 2 is 2.25 bits per heavy atom. The number of amides is 1. The summed E-state index contributed by atoms with van der Waals surface area (Å²) in [5, 5.41) is 16.4. The van der Waals surface area contributed by atoms with Gasteiger partial charge in [-0.25, -0.2) is 0 Å². The number of benzene rings is 1. The van der Waals surface area contributed by atoms with Gasteiger partial charge in [0.25, 0.3) is 5.69 Å². The van der Waals surface area contributed by atoms with Gasteiger partial charge in [-0.2, -0.15) is 0 Å². The number of non-ortho nitro benzene ring substituents is 1. The van der Waals surface area contributed by atoms with Crippen LogP contribution >= 0.6 is 0 Å². The largest absolute Gasteiger partial charge is 0.363 e. The Balaban J connectivity index is 1.96. The molecular weight excluding hydrogens is 262 g/mol. The van der Waals surface area contributed by atoms with Crippen LogP contribution in [0, 0.1) is 17.0 Å². The molecule has 0 unspecified atom stereocenters. The lowest BCUT2D eigenvalue weighted by molar-refractivity contribution is -0.384. The number of carbonyl (C=O) groups excluding carboxylic acids is 1. The van der Waals surface area contributed by atoms with Crippen molar-refractivity contribution in [1.82, 2.24) is 5.32 Å². The zero-order valence-electron chi connectivity index (χ0n) is 11.4. The first-order valence-corrected chi connectivity index (χ1v) is 6.29. The van der Waals surface area contributed by atoms with Crippen molar-refractivity contribution in [1.29, 1.82) is 0 Å². The summed E-state index contributed by atoms with van der Waals surface area (Å²) in [7, 11) is 0. The van der Waals surface area contributed by atoms with E-state index in [1.807, 2.05) is 6.92 Å². The molecule has 1 aromatic rings. The monoisotopic (exact) mass is 279 g/mol. The third-order valence-corrected chi connectivity index (χ3v) is 3.26. The van der Waals surface area contributed by atoms with Crippen LogP contribution in [0.1, 0.15) is 12.5 Å². The minimum absolute atomic E-state index is 0.0537. The molecule has 2 N–H and O–H groups in total. The van der Waals surface area contributed by atoms with E-state index in [2.05, 4.69) is 10.6 Å². The zero-order valence-corrected chi connectivity index (χ0v) is 11.4. The topological polar surface area (TPSA) is 93.5 Å². The van der Waals surface area contributed by atoms with Crippen LogP contribution in [0.4, 0.5) is 11.4 Å². The Kier molecular flexibility index (Phi) is 4.01. The Bertz CT molecular complexity index is 540. The molecule has 1 aromatic carbocycles. The first kappa shape index (κ1) is 14.4. The van der Waals surface area contributed by atoms with Gasteiger partial charge in [-0.05, 0) is 19.4 Å². The number of hydrogen-bond acceptors (Lipinski definition) is 5. The quantitative estimate of drug-likeness (QED) is 0.624. The van der Waals surface area contributed by atoms with Crippen LogP contribution in [-0.4, -0.2) is 36.1 Å². The zero-order chi connectivity index (χ0) is 14.8. The number of anilines is 1. The molecule has 0 atom stereocenters. The van der Waals surface area contributed by atoms with E-state index in [-0.39, 0.29) is 23.8 Å². The van der Waals surface area contributed by atoms with E-state index < -0.39 is 4.92 Å². The summed E-state index contributed by atoms with van der Waals surface area (Å²) in [4.78, 5) is 22.0. The number of hydrogen-bond donors (Lipinski definition) is 2. The van der Waals surface area contributed by atoms with E-state index in [1.165, 1.54) is 12.1 Å². The van der Waals surface area contributed by atoms with Crippen molar-refractivity contribution in [2.45, 2.75) is 19.4 Å². The van der Waals surface area contributed by atoms with E-state index in [4.69, 9.17) is 4.74 Å². The lowest BCUT2D eigenvalue weighted by Gasteiger charge is -2.38. The van der Waals surface area contributed by atoms with E-state index in [0.29, 0.717) is 5.69 Å². The molecule has 7 heteroatoms. The highest BCUT2D eigenvalue weighted by Crippen LogP contribution is 2.22. The van der Waals surface area contributed by atoms with Crippen molar-refractivity contribution < 1.29 is 14.5 Å². The number of nitro groups is 1. The number of rotatable bonds is 5. The van der Waals surface area contributed by atoms with Crippen LogP contribution in [0.15, 0.2) is 18.2 Å². The van der Waals surface area contributed by atoms with Crippen molar-refractivity contribution in [3.63, 3.8) is 0 Å². The molecule has 1 aliphatic heterocycles. The summed E-state index contributed by atoms with van der Waals surface area (Å²) < 4.78 is 5.51. The molecule has 0 radical (unpaired) electrons. The van der Waals surface area contributed by atoms with E-state index in [0.717, 1.165) is 18.7 Å². The minimum atomic E-state index is -0.493. The molecule has 0 aromatic heterocycles. The number of nitro benzene ring substituents is 1. The summed E-state index contributed by atoms with van der Waals surface area (Å²) >= 11 is 0. The summed E-state index contributed by atoms with van der Waals surface area (Å²) in [5.41, 5.74) is 0.849. The summed E-state index contributed by atoms with van der Waals surface area (Å²) in [5.74, 6) is -0.318. The first-order chi connectivity index (χ1) is 9.39. The summed E-state index contributed by atoms with van der Waals surface area (Å²) in [6.45, 7) is 5.07. The highest BCUT2D eigenvalue weighted by Gasteiger charge is 2.33. The van der Waals surface area contributed by atoms with Crippen molar-refractivity contribution >= 4 is 17.3 Å². The van der Waals surface area contributed by atoms with E-state index >= 15 is 0 Å². The van der Waals surface area contributed by atoms with Gasteiger partial charge >= 0.3 is 0 Å². The normalized spacial score (nSPS) is 16.3. The molecule has 0 bridgehead atoms. The van der Waals surface area contributed by atoms with Crippen molar-refractivity contribution in [3.05, 3.63) is 33.9 Å². The lowest BCUT2D eigenvalue weighted by atomic mass is 10.0. The number of ether oxygens (including phenoxy) is 1. The van der Waals surface area contributed by atoms with Crippen LogP contribution in [0.5, 0.6) is 0 Å². The van der Waals surface area contributed by atoms with Gasteiger partial charge in [-0.3, -0.25) is 14.9 Å². The molecule has 108 valence electrons. The maximum atomic E-state index is 11.8. The predicted molar refractivity (Wildman–Crippen MR) is 73.7 cm³/mol. The van der Waals surface area contributed by atoms with Gasteiger partial charge in [0.1, 0.15) is 6.61 Å². The molecule has 7 nitrogen and oxygen atoms in total. The average Bonchev–Trinajstić information content (AvgIpc) is 2.36. The van der Waals surface area contributed by atoms with Gasteiger partial charge in [-0.15, -0.1) is 0 Å². The van der Waals surface area contributed by atoms with Gasteiger partial charge in [0.05, 0.1) is 16.2 Å². The van der Waals surface area contributed by atoms with Gasteiger partial charge in [0.15, 0.2) is 0 Å². The second-order valence-corrected chi connectivity index (χ2v) is 5.15. The molecular formula is C13H17N3O4. The fourth-order valence-corrected chi connectivity index (χ4v) is 1.86. The number of nitrogens with zero attached hydrogens (tertiary/aromatic N) is 1. The van der Waals surface area contributed by atoms with E-state index in [9.17, 15) is 14.9 Å². The maximum absolute atomic E-state index is 11.8. The minimum Gasteiger partial charge on any atom is -0.363 e. The third-order valence-electron chi connectivity index (χ3n) is 3.26. The Hall–Kier alpha value is -1.99. The van der Waals surface area contributed by atoms with Crippen LogP contribution in [0.25, 0.3) is 0 Å². The standard InChI is InChI=1S/C13H17N3O4/c1-9-3-4-10(16(18)19)5-11(9)15-12(17)6-20-13(2)7-14-8-13/h3-5,14H,6-8H2,1-2H3,(H,15,17). The maximum Gasteiger partial charge on any atom is 0.271 e. The smallest absolute Gasteiger partial charge is 0.271 e. The van der Waals surface area contributed by atoms with Gasteiger partial charge in [0.2, 0.25) is 5.91 Å². The SMILES string of the molecule is Cc1ccc([N+](=O)[O-])cc1NC(=O)COC1(C)CNC1. The Morgan fingerprint density at radius 3 is 2.80 bits per heavy atom. The fourth-order valence-electron chi connectivity index (χ4n) is 1.86. The van der Waals surface area contributed by atoms with Gasteiger partial charge in [-0.1, -0.05) is 6.07 Å². The van der Waals surface area contributed by atoms with E-state index in [1.54, 1.807) is 13.0 Å². The van der Waals surface area contributed by atoms with Crippen molar-refractivity contribution in [2.75, 3.05) is 25.0 Å². The van der Waals surface area contributed by atoms with Crippen LogP contribution in [0.2, 0.25) is 0 Å². The van der Waals surface area contributed by atoms with Crippen LogP contribution in [0.3, 0.4) is 0 Å². The molecule has 20 heavy (non-hydrogen) atoms. The fraction of sp³-hybridized carbons (Fsp3) is 0.462. The number of aryl methyl sites for hydroxylation is 1. The molecule has 1 aliphatic rings. The summed E-state index contributed by atoms with van der Waals surface area (Å²) in [6, 6.07) is 4.36. The Morgan fingerprint density at radius 1 is 1.55 bits per heavy atom. The third kappa shape index (κ3) is 3.31. The highest BCUT2D eigenvalue weighted by atomic mass is 16.6. The van der Waals surface area contributed by atoms with Gasteiger partial charge < -0.3 is 15.4 Å². The summed E-state index contributed by atoms with van der Waals surface area (Å²) in [6.07, 6.45) is 0. The number of carbonyl (C=O) groups is 1. The van der Waals surface area contributed by atoms with Crippen molar-refractivity contribution in [2.24, 2.45) is 0 Å². The molecule has 1 heterocycles. The second kappa shape index (κ2) is 5.56. The molecule has 1 amide bonds. The average molecular weight is 279 g/mol. The predicted octanol–water partition coefficient (Wildman–Crippen LogP) is 1.22. The molecule has 0 aliphatic carbocycles. The van der Waals surface area contributed by atoms with Crippen molar-refractivity contribution in [3.8, 4) is 0 Å². The molecule has 0 spiro atoms. The highest BCUT2D eigenvalue weighted by molar-refractivity contribution is 5.92. The molecule has 1 fully saturated rings.